The quantitative estimate of drug-likeness (QED) is 0.731. The lowest BCUT2D eigenvalue weighted by Gasteiger charge is -2.09. The largest absolute Gasteiger partial charge is 0.496 e. The molecule has 2 rings (SSSR count). The number of halogens is 3. The molecule has 0 amide bonds. The highest BCUT2D eigenvalue weighted by Gasteiger charge is 2.15. The van der Waals surface area contributed by atoms with Gasteiger partial charge in [0.15, 0.2) is 5.78 Å². The molecule has 0 atom stereocenters. The molecule has 104 valence electrons. The number of hydrogen-bond donors (Lipinski definition) is 0. The van der Waals surface area contributed by atoms with Crippen LogP contribution in [0, 0.1) is 0 Å². The van der Waals surface area contributed by atoms with E-state index >= 15 is 0 Å². The molecule has 0 unspecified atom stereocenters. The number of rotatable bonds is 4. The smallest absolute Gasteiger partial charge is 0.171 e. The van der Waals surface area contributed by atoms with Crippen molar-refractivity contribution in [3.8, 4) is 5.75 Å². The molecule has 0 spiro atoms. The first kappa shape index (κ1) is 15.2. The molecule has 0 fully saturated rings. The zero-order chi connectivity index (χ0) is 14.7. The normalized spacial score (nSPS) is 10.4. The predicted octanol–water partition coefficient (Wildman–Crippen LogP) is 5.08. The van der Waals surface area contributed by atoms with Crippen molar-refractivity contribution >= 4 is 40.6 Å². The van der Waals surface area contributed by atoms with E-state index in [1.165, 1.54) is 7.11 Å². The number of methoxy groups -OCH3 is 1. The summed E-state index contributed by atoms with van der Waals surface area (Å²) in [7, 11) is 1.49. The average molecular weight is 330 g/mol. The minimum absolute atomic E-state index is 0.109. The van der Waals surface area contributed by atoms with E-state index in [9.17, 15) is 4.79 Å². The van der Waals surface area contributed by atoms with Crippen LogP contribution in [0.15, 0.2) is 36.4 Å². The molecular weight excluding hydrogens is 319 g/mol. The van der Waals surface area contributed by atoms with Crippen molar-refractivity contribution < 1.29 is 9.53 Å². The number of ketones is 1. The predicted molar refractivity (Wildman–Crippen MR) is 82.5 cm³/mol. The molecule has 0 saturated heterocycles. The fraction of sp³-hybridized carbons (Fsp3) is 0.133. The van der Waals surface area contributed by atoms with Gasteiger partial charge in [0.05, 0.1) is 22.7 Å². The van der Waals surface area contributed by atoms with Crippen molar-refractivity contribution in [3.05, 3.63) is 62.6 Å². The van der Waals surface area contributed by atoms with Gasteiger partial charge in [0.25, 0.3) is 0 Å². The maximum absolute atomic E-state index is 12.3. The zero-order valence-corrected chi connectivity index (χ0v) is 12.9. The first-order chi connectivity index (χ1) is 9.52. The van der Waals surface area contributed by atoms with Crippen LogP contribution in [0.4, 0.5) is 0 Å². The Morgan fingerprint density at radius 3 is 2.60 bits per heavy atom. The average Bonchev–Trinajstić information content (AvgIpc) is 2.43. The van der Waals surface area contributed by atoms with E-state index in [0.29, 0.717) is 31.9 Å². The minimum Gasteiger partial charge on any atom is -0.496 e. The second kappa shape index (κ2) is 6.49. The van der Waals surface area contributed by atoms with Gasteiger partial charge in [-0.1, -0.05) is 46.9 Å². The van der Waals surface area contributed by atoms with Gasteiger partial charge in [0.1, 0.15) is 5.75 Å². The molecule has 0 aliphatic rings. The van der Waals surface area contributed by atoms with Crippen LogP contribution >= 0.6 is 34.8 Å². The van der Waals surface area contributed by atoms with Crippen molar-refractivity contribution in [3.63, 3.8) is 0 Å². The molecule has 2 nitrogen and oxygen atoms in total. The molecule has 0 N–H and O–H groups in total. The molecule has 0 bridgehead atoms. The van der Waals surface area contributed by atoms with Crippen LogP contribution in [-0.2, 0) is 6.42 Å². The van der Waals surface area contributed by atoms with Crippen molar-refractivity contribution in [1.29, 1.82) is 0 Å². The molecular formula is C15H11Cl3O2. The lowest BCUT2D eigenvalue weighted by atomic mass is 10.0. The Bertz CT molecular complexity index is 654. The van der Waals surface area contributed by atoms with Crippen LogP contribution in [0.25, 0.3) is 0 Å². The van der Waals surface area contributed by atoms with Crippen LogP contribution in [0.3, 0.4) is 0 Å². The van der Waals surface area contributed by atoms with Crippen molar-refractivity contribution in [1.82, 2.24) is 0 Å². The van der Waals surface area contributed by atoms with E-state index in [1.807, 2.05) is 0 Å². The molecule has 0 aromatic heterocycles. The van der Waals surface area contributed by atoms with Gasteiger partial charge in [-0.3, -0.25) is 4.79 Å². The highest BCUT2D eigenvalue weighted by Crippen LogP contribution is 2.29. The summed E-state index contributed by atoms with van der Waals surface area (Å²) in [6.07, 6.45) is 0.150. The fourth-order valence-electron chi connectivity index (χ4n) is 1.85. The maximum atomic E-state index is 12.3. The van der Waals surface area contributed by atoms with E-state index in [0.717, 1.165) is 0 Å². The van der Waals surface area contributed by atoms with E-state index in [1.54, 1.807) is 36.4 Å². The topological polar surface area (TPSA) is 26.3 Å². The summed E-state index contributed by atoms with van der Waals surface area (Å²) in [6, 6.07) is 10.1. The first-order valence-electron chi connectivity index (χ1n) is 5.82. The Morgan fingerprint density at radius 1 is 1.15 bits per heavy atom. The summed E-state index contributed by atoms with van der Waals surface area (Å²) in [5.41, 5.74) is 1.15. The highest BCUT2D eigenvalue weighted by atomic mass is 35.5. The van der Waals surface area contributed by atoms with Crippen molar-refractivity contribution in [2.24, 2.45) is 0 Å². The van der Waals surface area contributed by atoms with Crippen LogP contribution < -0.4 is 4.74 Å². The third-order valence-corrected chi connectivity index (χ3v) is 3.94. The van der Waals surface area contributed by atoms with Gasteiger partial charge in [-0.25, -0.2) is 0 Å². The van der Waals surface area contributed by atoms with Gasteiger partial charge in [0, 0.05) is 11.4 Å². The van der Waals surface area contributed by atoms with Gasteiger partial charge in [-0.05, 0) is 29.8 Å². The molecule has 2 aromatic carbocycles. The second-order valence-corrected chi connectivity index (χ2v) is 5.38. The Hall–Kier alpha value is -1.22. The molecule has 0 aliphatic carbocycles. The SMILES string of the molecule is COc1cc(Cl)ccc1C(=O)Cc1cccc(Cl)c1Cl. The Kier molecular flexibility index (Phi) is 4.92. The van der Waals surface area contributed by atoms with Gasteiger partial charge >= 0.3 is 0 Å². The van der Waals surface area contributed by atoms with Crippen LogP contribution in [0.1, 0.15) is 15.9 Å². The monoisotopic (exact) mass is 328 g/mol. The summed E-state index contributed by atoms with van der Waals surface area (Å²) in [5.74, 6) is 0.336. The summed E-state index contributed by atoms with van der Waals surface area (Å²) in [4.78, 5) is 12.3. The van der Waals surface area contributed by atoms with Gasteiger partial charge in [-0.15, -0.1) is 0 Å². The number of hydrogen-bond acceptors (Lipinski definition) is 2. The molecule has 0 aliphatic heterocycles. The van der Waals surface area contributed by atoms with E-state index in [4.69, 9.17) is 39.5 Å². The van der Waals surface area contributed by atoms with Gasteiger partial charge in [0.2, 0.25) is 0 Å². The van der Waals surface area contributed by atoms with E-state index < -0.39 is 0 Å². The van der Waals surface area contributed by atoms with Crippen molar-refractivity contribution in [2.75, 3.05) is 7.11 Å². The Balaban J connectivity index is 2.31. The number of ether oxygens (including phenoxy) is 1. The van der Waals surface area contributed by atoms with Crippen molar-refractivity contribution in [2.45, 2.75) is 6.42 Å². The standard InChI is InChI=1S/C15H11Cl3O2/c1-20-14-8-10(16)5-6-11(14)13(19)7-9-3-2-4-12(17)15(9)18/h2-6,8H,7H2,1H3. The third-order valence-electron chi connectivity index (χ3n) is 2.85. The van der Waals surface area contributed by atoms with Crippen LogP contribution in [0.5, 0.6) is 5.75 Å². The molecule has 0 saturated carbocycles. The second-order valence-electron chi connectivity index (χ2n) is 4.16. The fourth-order valence-corrected chi connectivity index (χ4v) is 2.40. The van der Waals surface area contributed by atoms with Crippen LogP contribution in [0.2, 0.25) is 15.1 Å². The lowest BCUT2D eigenvalue weighted by molar-refractivity contribution is 0.0990. The third kappa shape index (κ3) is 3.26. The summed E-state index contributed by atoms with van der Waals surface area (Å²) in [5, 5.41) is 1.34. The van der Waals surface area contributed by atoms with E-state index in [2.05, 4.69) is 0 Å². The number of benzene rings is 2. The summed E-state index contributed by atoms with van der Waals surface area (Å²) >= 11 is 17.9. The summed E-state index contributed by atoms with van der Waals surface area (Å²) < 4.78 is 5.17. The van der Waals surface area contributed by atoms with Crippen LogP contribution in [-0.4, -0.2) is 12.9 Å². The maximum Gasteiger partial charge on any atom is 0.171 e. The van der Waals surface area contributed by atoms with Gasteiger partial charge in [-0.2, -0.15) is 0 Å². The zero-order valence-electron chi connectivity index (χ0n) is 10.6. The van der Waals surface area contributed by atoms with Gasteiger partial charge < -0.3 is 4.74 Å². The Labute approximate surface area is 132 Å². The highest BCUT2D eigenvalue weighted by molar-refractivity contribution is 6.42. The summed E-state index contributed by atoms with van der Waals surface area (Å²) in [6.45, 7) is 0. The molecule has 0 radical (unpaired) electrons. The molecule has 20 heavy (non-hydrogen) atoms. The number of Topliss-reactive ketones (excluding diaryl/α,β-unsaturated/α-hetero) is 1. The molecule has 2 aromatic rings. The number of carbonyl (C=O) groups is 1. The lowest BCUT2D eigenvalue weighted by Crippen LogP contribution is -2.06. The minimum atomic E-state index is -0.109. The Morgan fingerprint density at radius 2 is 1.90 bits per heavy atom. The first-order valence-corrected chi connectivity index (χ1v) is 6.96. The molecule has 5 heteroatoms. The molecule has 0 heterocycles. The van der Waals surface area contributed by atoms with E-state index in [-0.39, 0.29) is 12.2 Å². The number of carbonyl (C=O) groups excluding carboxylic acids is 1.